The van der Waals surface area contributed by atoms with Gasteiger partial charge in [-0.05, 0) is 56.4 Å². The quantitative estimate of drug-likeness (QED) is 0.208. The molecular formula is C27H30Cl2N6O4S4. The van der Waals surface area contributed by atoms with E-state index in [1.165, 1.54) is 22.7 Å². The Kier molecular flexibility index (Phi) is 10.0. The van der Waals surface area contributed by atoms with Gasteiger partial charge in [-0.1, -0.05) is 82.3 Å². The summed E-state index contributed by atoms with van der Waals surface area (Å²) in [5.41, 5.74) is 0.692. The molecule has 6 rings (SSSR count). The van der Waals surface area contributed by atoms with Gasteiger partial charge in [0.05, 0.1) is 9.79 Å². The van der Waals surface area contributed by atoms with Gasteiger partial charge in [-0.3, -0.25) is 9.44 Å². The number of thiazole rings is 2. The average Bonchev–Trinajstić information content (AvgIpc) is 3.78. The fourth-order valence-corrected chi connectivity index (χ4v) is 10.0. The molecule has 2 N–H and O–H groups in total. The lowest BCUT2D eigenvalue weighted by Gasteiger charge is -2.14. The predicted octanol–water partition coefficient (Wildman–Crippen LogP) is 6.70. The van der Waals surface area contributed by atoms with Gasteiger partial charge >= 0.3 is 0 Å². The predicted molar refractivity (Wildman–Crippen MR) is 176 cm³/mol. The van der Waals surface area contributed by atoms with Crippen LogP contribution in [0.15, 0.2) is 64.4 Å². The summed E-state index contributed by atoms with van der Waals surface area (Å²) in [5, 5.41) is 2.98. The van der Waals surface area contributed by atoms with Crippen LogP contribution in [0.2, 0.25) is 10.3 Å². The summed E-state index contributed by atoms with van der Waals surface area (Å²) < 4.78 is 54.4. The number of sulfonamides is 2. The van der Waals surface area contributed by atoms with E-state index in [1.807, 2.05) is 0 Å². The van der Waals surface area contributed by atoms with E-state index in [2.05, 4.69) is 29.2 Å². The Morgan fingerprint density at radius 2 is 1.12 bits per heavy atom. The fourth-order valence-electron chi connectivity index (χ4n) is 4.71. The molecule has 0 unspecified atom stereocenters. The van der Waals surface area contributed by atoms with Crippen molar-refractivity contribution in [3.05, 3.63) is 70.5 Å². The number of nitrogens with one attached hydrogen (secondary N) is 2. The van der Waals surface area contributed by atoms with Crippen LogP contribution in [0.25, 0.3) is 0 Å². The maximum Gasteiger partial charge on any atom is 0.263 e. The molecule has 4 heterocycles. The van der Waals surface area contributed by atoms with Crippen molar-refractivity contribution >= 4 is 86.2 Å². The van der Waals surface area contributed by atoms with E-state index in [-0.39, 0.29) is 9.79 Å². The highest BCUT2D eigenvalue weighted by molar-refractivity contribution is 7.93. The van der Waals surface area contributed by atoms with Gasteiger partial charge in [-0.15, -0.1) is 0 Å². The number of hydrogen-bond acceptors (Lipinski definition) is 10. The first-order valence-corrected chi connectivity index (χ1v) is 18.9. The summed E-state index contributed by atoms with van der Waals surface area (Å²) >= 11 is 14.8. The van der Waals surface area contributed by atoms with Crippen LogP contribution in [0.5, 0.6) is 0 Å². The molecule has 0 bridgehead atoms. The van der Waals surface area contributed by atoms with Crippen molar-refractivity contribution in [2.45, 2.75) is 42.4 Å². The molecule has 0 aliphatic carbocycles. The molecule has 2 saturated heterocycles. The topological polar surface area (TPSA) is 125 Å². The zero-order chi connectivity index (χ0) is 30.6. The lowest BCUT2D eigenvalue weighted by atomic mass is 10.2. The second kappa shape index (κ2) is 13.6. The molecule has 0 amide bonds. The molecule has 10 nitrogen and oxygen atoms in total. The van der Waals surface area contributed by atoms with Gasteiger partial charge in [0, 0.05) is 26.2 Å². The Hall–Kier alpha value is -2.62. The summed E-state index contributed by atoms with van der Waals surface area (Å²) in [6.07, 6.45) is 4.50. The zero-order valence-electron chi connectivity index (χ0n) is 23.2. The first-order chi connectivity index (χ1) is 20.5. The van der Waals surface area contributed by atoms with Crippen LogP contribution >= 0.6 is 45.9 Å². The van der Waals surface area contributed by atoms with Gasteiger partial charge in [0.2, 0.25) is 0 Å². The largest absolute Gasteiger partial charge is 0.361 e. The van der Waals surface area contributed by atoms with Gasteiger partial charge in [-0.2, -0.15) is 0 Å². The second-order valence-corrected chi connectivity index (χ2v) is 15.9. The third kappa shape index (κ3) is 7.73. The standard InChI is InChI=1S/C14H16ClN3O2S2.C13H14ClN3O2S2/c1-10-6-2-3-7-11(10)22(19,20)17-14-16-12(15)13(21-14)18-8-4-5-9-18;14-11-12(17-8-4-5-9-17)20-13(15-11)16-21(18,19)10-6-2-1-3-7-10/h2-3,6-7H,4-5,8-9H2,1H3,(H,16,17);1-3,6-7H,4-5,8-9H2,(H,15,16). The molecule has 230 valence electrons. The van der Waals surface area contributed by atoms with Crippen molar-refractivity contribution < 1.29 is 16.8 Å². The molecule has 43 heavy (non-hydrogen) atoms. The number of aromatic nitrogens is 2. The van der Waals surface area contributed by atoms with Gasteiger partial charge in [0.25, 0.3) is 20.0 Å². The molecular weight excluding hydrogens is 672 g/mol. The van der Waals surface area contributed by atoms with Crippen LogP contribution in [0, 0.1) is 6.92 Å². The van der Waals surface area contributed by atoms with Gasteiger partial charge in [0.15, 0.2) is 20.6 Å². The van der Waals surface area contributed by atoms with Crippen molar-refractivity contribution in [1.29, 1.82) is 0 Å². The summed E-state index contributed by atoms with van der Waals surface area (Å²) in [5.74, 6) is 0. The fraction of sp³-hybridized carbons (Fsp3) is 0.333. The van der Waals surface area contributed by atoms with E-state index >= 15 is 0 Å². The van der Waals surface area contributed by atoms with E-state index < -0.39 is 20.0 Å². The Balaban J connectivity index is 0.000000171. The molecule has 2 aromatic heterocycles. The van der Waals surface area contributed by atoms with Crippen molar-refractivity contribution in [1.82, 2.24) is 9.97 Å². The number of nitrogens with zero attached hydrogens (tertiary/aromatic N) is 4. The maximum absolute atomic E-state index is 12.5. The lowest BCUT2D eigenvalue weighted by Crippen LogP contribution is -2.16. The van der Waals surface area contributed by atoms with Crippen molar-refractivity contribution in [2.75, 3.05) is 45.4 Å². The summed E-state index contributed by atoms with van der Waals surface area (Å²) in [7, 11) is -7.27. The zero-order valence-corrected chi connectivity index (χ0v) is 27.9. The molecule has 16 heteroatoms. The van der Waals surface area contributed by atoms with Gasteiger partial charge in [-0.25, -0.2) is 26.8 Å². The van der Waals surface area contributed by atoms with E-state index in [4.69, 9.17) is 23.2 Å². The Morgan fingerprint density at radius 1 is 0.674 bits per heavy atom. The van der Waals surface area contributed by atoms with Crippen LogP contribution in [-0.4, -0.2) is 53.0 Å². The molecule has 4 aromatic rings. The van der Waals surface area contributed by atoms with Crippen molar-refractivity contribution in [3.8, 4) is 0 Å². The van der Waals surface area contributed by atoms with Crippen LogP contribution in [0.1, 0.15) is 31.2 Å². The number of aryl methyl sites for hydroxylation is 1. The average molecular weight is 702 g/mol. The molecule has 0 radical (unpaired) electrons. The van der Waals surface area contributed by atoms with Crippen LogP contribution in [0.3, 0.4) is 0 Å². The number of rotatable bonds is 8. The molecule has 0 atom stereocenters. The Morgan fingerprint density at radius 3 is 1.60 bits per heavy atom. The first kappa shape index (κ1) is 31.8. The molecule has 2 fully saturated rings. The third-order valence-corrected chi connectivity index (χ3v) is 12.7. The van der Waals surface area contributed by atoms with Crippen LogP contribution < -0.4 is 19.2 Å². The maximum atomic E-state index is 12.5. The van der Waals surface area contributed by atoms with E-state index in [0.717, 1.165) is 61.9 Å². The smallest absolute Gasteiger partial charge is 0.263 e. The Bertz CT molecular complexity index is 1770. The number of benzene rings is 2. The number of anilines is 4. The van der Waals surface area contributed by atoms with Crippen molar-refractivity contribution in [3.63, 3.8) is 0 Å². The normalized spacial score (nSPS) is 15.3. The van der Waals surface area contributed by atoms with E-state index in [9.17, 15) is 16.8 Å². The monoisotopic (exact) mass is 700 g/mol. The highest BCUT2D eigenvalue weighted by Gasteiger charge is 2.24. The molecule has 2 aromatic carbocycles. The minimum atomic E-state index is -3.65. The molecule has 0 saturated carbocycles. The number of halogens is 2. The summed E-state index contributed by atoms with van der Waals surface area (Å²) in [4.78, 5) is 13.0. The van der Waals surface area contributed by atoms with Crippen LogP contribution in [-0.2, 0) is 20.0 Å². The summed E-state index contributed by atoms with van der Waals surface area (Å²) in [6.45, 7) is 5.51. The third-order valence-electron chi connectivity index (χ3n) is 6.81. The van der Waals surface area contributed by atoms with Crippen LogP contribution in [0.4, 0.5) is 20.3 Å². The minimum absolute atomic E-state index is 0.207. The van der Waals surface area contributed by atoms with E-state index in [1.54, 1.807) is 61.5 Å². The SMILES string of the molecule is Cc1ccccc1S(=O)(=O)Nc1nc(Cl)c(N2CCCC2)s1.O=S(=O)(Nc1nc(Cl)c(N2CCCC2)s1)c1ccccc1. The highest BCUT2D eigenvalue weighted by Crippen LogP contribution is 2.39. The number of hydrogen-bond donors (Lipinski definition) is 2. The second-order valence-electron chi connectivity index (χ2n) is 9.91. The molecule has 0 spiro atoms. The Labute approximate surface area is 269 Å². The highest BCUT2D eigenvalue weighted by atomic mass is 35.5. The van der Waals surface area contributed by atoms with Crippen molar-refractivity contribution in [2.24, 2.45) is 0 Å². The minimum Gasteiger partial charge on any atom is -0.361 e. The lowest BCUT2D eigenvalue weighted by molar-refractivity contribution is 0.599. The molecule has 2 aliphatic rings. The molecule has 2 aliphatic heterocycles. The van der Waals surface area contributed by atoms with E-state index in [0.29, 0.717) is 26.1 Å². The summed E-state index contributed by atoms with van der Waals surface area (Å²) in [6, 6.07) is 15.1. The van der Waals surface area contributed by atoms with Gasteiger partial charge in [0.1, 0.15) is 10.0 Å². The van der Waals surface area contributed by atoms with Gasteiger partial charge < -0.3 is 9.80 Å². The first-order valence-electron chi connectivity index (χ1n) is 13.5.